The molecule has 6 nitrogen and oxygen atoms in total. The molecule has 206 valence electrons. The van der Waals surface area contributed by atoms with E-state index in [1.165, 1.54) is 17.3 Å². The third kappa shape index (κ3) is 4.70. The molecule has 6 rings (SSSR count). The summed E-state index contributed by atoms with van der Waals surface area (Å²) in [7, 11) is 0. The number of hydrogen-bond acceptors (Lipinski definition) is 7. The van der Waals surface area contributed by atoms with Gasteiger partial charge in [0.25, 0.3) is 0 Å². The van der Waals surface area contributed by atoms with Crippen LogP contribution in [0.1, 0.15) is 49.9 Å². The molecule has 0 N–H and O–H groups in total. The lowest BCUT2D eigenvalue weighted by atomic mass is 9.85. The SMILES string of the molecule is CCOC(=O)C1=NN(c2ccccc2)C2(S1)c1ccccc1C(c1ccc(C(C)(C)C)cc1)=NN2c1ccccc1. The van der Waals surface area contributed by atoms with Gasteiger partial charge in [0, 0.05) is 16.7 Å². The van der Waals surface area contributed by atoms with Gasteiger partial charge >= 0.3 is 5.97 Å². The van der Waals surface area contributed by atoms with Crippen molar-refractivity contribution in [1.29, 1.82) is 0 Å². The van der Waals surface area contributed by atoms with Gasteiger partial charge in [0.05, 0.1) is 23.7 Å². The van der Waals surface area contributed by atoms with Crippen LogP contribution >= 0.6 is 11.8 Å². The van der Waals surface area contributed by atoms with E-state index in [0.29, 0.717) is 0 Å². The molecule has 2 aliphatic rings. The summed E-state index contributed by atoms with van der Waals surface area (Å²) in [6.45, 7) is 8.71. The molecule has 0 fully saturated rings. The van der Waals surface area contributed by atoms with Crippen LogP contribution in [0.15, 0.2) is 119 Å². The Bertz CT molecular complexity index is 1630. The van der Waals surface area contributed by atoms with Crippen LogP contribution in [0.5, 0.6) is 0 Å². The van der Waals surface area contributed by atoms with Gasteiger partial charge in [-0.05, 0) is 53.9 Å². The van der Waals surface area contributed by atoms with E-state index in [1.54, 1.807) is 6.92 Å². The summed E-state index contributed by atoms with van der Waals surface area (Å²) in [5.74, 6) is -0.451. The first-order valence-electron chi connectivity index (χ1n) is 13.8. The van der Waals surface area contributed by atoms with Crippen molar-refractivity contribution in [2.75, 3.05) is 16.6 Å². The molecule has 0 saturated heterocycles. The number of thioether (sulfide) groups is 1. The van der Waals surface area contributed by atoms with E-state index < -0.39 is 11.0 Å². The molecular weight excluding hydrogens is 528 g/mol. The topological polar surface area (TPSA) is 57.5 Å². The fraction of sp³-hybridized carbons (Fsp3) is 0.206. The van der Waals surface area contributed by atoms with Crippen molar-refractivity contribution >= 4 is 39.9 Å². The zero-order chi connectivity index (χ0) is 28.6. The van der Waals surface area contributed by atoms with Crippen molar-refractivity contribution in [2.24, 2.45) is 10.2 Å². The molecule has 2 aliphatic heterocycles. The van der Waals surface area contributed by atoms with Gasteiger partial charge in [0.15, 0.2) is 0 Å². The van der Waals surface area contributed by atoms with E-state index in [1.807, 2.05) is 82.8 Å². The van der Waals surface area contributed by atoms with Crippen LogP contribution < -0.4 is 10.0 Å². The average molecular weight is 561 g/mol. The predicted molar refractivity (Wildman–Crippen MR) is 168 cm³/mol. The van der Waals surface area contributed by atoms with Gasteiger partial charge in [-0.15, -0.1) is 0 Å². The first-order chi connectivity index (χ1) is 19.8. The van der Waals surface area contributed by atoms with Gasteiger partial charge in [-0.25, -0.2) is 14.8 Å². The van der Waals surface area contributed by atoms with Gasteiger partial charge in [-0.1, -0.05) is 106 Å². The molecule has 0 bridgehead atoms. The minimum absolute atomic E-state index is 0.0441. The Kier molecular flexibility index (Phi) is 6.91. The second-order valence-electron chi connectivity index (χ2n) is 11.0. The van der Waals surface area contributed by atoms with Crippen molar-refractivity contribution in [3.8, 4) is 0 Å². The molecule has 4 aromatic rings. The van der Waals surface area contributed by atoms with Crippen molar-refractivity contribution in [1.82, 2.24) is 0 Å². The molecule has 0 amide bonds. The fourth-order valence-corrected chi connectivity index (χ4v) is 6.48. The standard InChI is InChI=1S/C34H32N4O2S/c1-5-40-32(39)31-36-38(27-16-10-7-11-17-27)34(41-31)29-19-13-12-18-28(29)30(35-37(34)26-14-8-6-9-15-26)24-20-22-25(23-21-24)33(2,3)4/h6-23H,5H2,1-4H3. The van der Waals surface area contributed by atoms with E-state index in [0.717, 1.165) is 33.8 Å². The van der Waals surface area contributed by atoms with Crippen LogP contribution in [0.25, 0.3) is 0 Å². The molecular formula is C34H32N4O2S. The second-order valence-corrected chi connectivity index (χ2v) is 12.1. The number of ether oxygens (including phenoxy) is 1. The van der Waals surface area contributed by atoms with Crippen molar-refractivity contribution in [3.63, 3.8) is 0 Å². The Balaban J connectivity index is 1.60. The largest absolute Gasteiger partial charge is 0.461 e. The second kappa shape index (κ2) is 10.6. The Labute approximate surface area is 245 Å². The zero-order valence-electron chi connectivity index (χ0n) is 23.6. The molecule has 0 aromatic heterocycles. The third-order valence-electron chi connectivity index (χ3n) is 7.21. The van der Waals surface area contributed by atoms with Gasteiger partial charge in [0.1, 0.15) is 0 Å². The summed E-state index contributed by atoms with van der Waals surface area (Å²) in [4.78, 5) is 12.1. The maximum atomic E-state index is 13.1. The summed E-state index contributed by atoms with van der Waals surface area (Å²) in [6.07, 6.45) is 0. The first-order valence-corrected chi connectivity index (χ1v) is 14.6. The maximum absolute atomic E-state index is 13.1. The number of anilines is 2. The van der Waals surface area contributed by atoms with E-state index in [-0.39, 0.29) is 17.1 Å². The summed E-state index contributed by atoms with van der Waals surface area (Å²) < 4.78 is 5.43. The highest BCUT2D eigenvalue weighted by molar-refractivity contribution is 8.16. The van der Waals surface area contributed by atoms with Gasteiger partial charge in [-0.2, -0.15) is 10.2 Å². The highest BCUT2D eigenvalue weighted by atomic mass is 32.2. The van der Waals surface area contributed by atoms with E-state index in [4.69, 9.17) is 14.9 Å². The molecule has 41 heavy (non-hydrogen) atoms. The number of hydrazone groups is 2. The molecule has 1 unspecified atom stereocenters. The minimum atomic E-state index is -1.02. The molecule has 2 heterocycles. The monoisotopic (exact) mass is 560 g/mol. The Morgan fingerprint density at radius 2 is 1.34 bits per heavy atom. The van der Waals surface area contributed by atoms with Crippen LogP contribution in [-0.2, 0) is 19.9 Å². The van der Waals surface area contributed by atoms with Crippen LogP contribution in [-0.4, -0.2) is 23.3 Å². The van der Waals surface area contributed by atoms with E-state index >= 15 is 0 Å². The number of nitrogens with zero attached hydrogens (tertiary/aromatic N) is 4. The Morgan fingerprint density at radius 1 is 0.780 bits per heavy atom. The minimum Gasteiger partial charge on any atom is -0.461 e. The lowest BCUT2D eigenvalue weighted by molar-refractivity contribution is -0.134. The van der Waals surface area contributed by atoms with Crippen molar-refractivity contribution in [3.05, 3.63) is 131 Å². The number of carbonyl (C=O) groups is 1. The van der Waals surface area contributed by atoms with Gasteiger partial charge in [0.2, 0.25) is 10.0 Å². The molecule has 0 saturated carbocycles. The van der Waals surface area contributed by atoms with Gasteiger partial charge < -0.3 is 4.74 Å². The summed E-state index contributed by atoms with van der Waals surface area (Å²) in [6, 6.07) is 36.9. The van der Waals surface area contributed by atoms with Crippen LogP contribution in [0.3, 0.4) is 0 Å². The summed E-state index contributed by atoms with van der Waals surface area (Å²) in [5, 5.41) is 14.4. The molecule has 0 radical (unpaired) electrons. The number of rotatable bonds is 5. The van der Waals surface area contributed by atoms with Crippen molar-refractivity contribution in [2.45, 2.75) is 38.1 Å². The van der Waals surface area contributed by atoms with Crippen LogP contribution in [0, 0.1) is 0 Å². The Hall–Kier alpha value is -4.36. The maximum Gasteiger partial charge on any atom is 0.365 e. The number of esters is 1. The van der Waals surface area contributed by atoms with E-state index in [9.17, 15) is 4.79 Å². The summed E-state index contributed by atoms with van der Waals surface area (Å²) >= 11 is 1.35. The lowest BCUT2D eigenvalue weighted by Crippen LogP contribution is -2.54. The number of fused-ring (bicyclic) bond motifs is 2. The fourth-order valence-electron chi connectivity index (χ4n) is 5.19. The number of hydrogen-bond donors (Lipinski definition) is 0. The van der Waals surface area contributed by atoms with Crippen LogP contribution in [0.2, 0.25) is 0 Å². The highest BCUT2D eigenvalue weighted by Gasteiger charge is 2.56. The zero-order valence-corrected chi connectivity index (χ0v) is 24.4. The molecule has 1 atom stereocenters. The number of para-hydroxylation sites is 2. The third-order valence-corrected chi connectivity index (χ3v) is 8.51. The van der Waals surface area contributed by atoms with Crippen LogP contribution in [0.4, 0.5) is 11.4 Å². The Morgan fingerprint density at radius 3 is 1.93 bits per heavy atom. The molecule has 7 heteroatoms. The van der Waals surface area contributed by atoms with Gasteiger partial charge in [-0.3, -0.25) is 0 Å². The molecule has 4 aromatic carbocycles. The smallest absolute Gasteiger partial charge is 0.365 e. The average Bonchev–Trinajstić information content (AvgIpc) is 3.39. The normalized spacial score (nSPS) is 18.1. The first kappa shape index (κ1) is 26.8. The quantitative estimate of drug-likeness (QED) is 0.237. The predicted octanol–water partition coefficient (Wildman–Crippen LogP) is 7.50. The summed E-state index contributed by atoms with van der Waals surface area (Å²) in [5.41, 5.74) is 6.85. The number of carbonyl (C=O) groups excluding carboxylic acids is 1. The lowest BCUT2D eigenvalue weighted by Gasteiger charge is -2.47. The number of benzene rings is 4. The highest BCUT2D eigenvalue weighted by Crippen LogP contribution is 2.55. The molecule has 1 spiro atoms. The van der Waals surface area contributed by atoms with E-state index in [2.05, 4.69) is 57.2 Å². The van der Waals surface area contributed by atoms with Crippen molar-refractivity contribution < 1.29 is 9.53 Å². The molecule has 0 aliphatic carbocycles.